The number of ether oxygens (including phenoxy) is 1. The third kappa shape index (κ3) is 3.36. The molecule has 0 bridgehead atoms. The Labute approximate surface area is 103 Å². The topological polar surface area (TPSA) is 51.1 Å². The lowest BCUT2D eigenvalue weighted by molar-refractivity contribution is 0.364. The van der Waals surface area contributed by atoms with Gasteiger partial charge >= 0.3 is 0 Å². The second-order valence-electron chi connectivity index (χ2n) is 4.62. The number of anilines is 1. The molecule has 1 fully saturated rings. The molecule has 0 saturated carbocycles. The Morgan fingerprint density at radius 2 is 2.53 bits per heavy atom. The molecule has 1 unspecified atom stereocenters. The number of rotatable bonds is 5. The van der Waals surface area contributed by atoms with E-state index in [4.69, 9.17) is 4.74 Å². The molecule has 0 aromatic carbocycles. The highest BCUT2D eigenvalue weighted by atomic mass is 16.5. The van der Waals surface area contributed by atoms with Gasteiger partial charge in [0.25, 0.3) is 0 Å². The normalized spacial score (nSPS) is 20.2. The molecule has 5 heteroatoms. The molecule has 2 heterocycles. The van der Waals surface area contributed by atoms with Crippen LogP contribution in [-0.4, -0.2) is 36.5 Å². The van der Waals surface area contributed by atoms with Crippen LogP contribution in [0.1, 0.15) is 19.3 Å². The van der Waals surface area contributed by atoms with Gasteiger partial charge in [-0.2, -0.15) is 5.10 Å². The number of hydrogen-bond donors (Lipinski definition) is 2. The third-order valence-corrected chi connectivity index (χ3v) is 3.30. The number of nitrogens with one attached hydrogen (secondary N) is 2. The molecule has 96 valence electrons. The van der Waals surface area contributed by atoms with Crippen LogP contribution in [0, 0.1) is 5.92 Å². The van der Waals surface area contributed by atoms with Gasteiger partial charge in [0.1, 0.15) is 0 Å². The minimum Gasteiger partial charge on any atom is -0.481 e. The van der Waals surface area contributed by atoms with Gasteiger partial charge in [0.15, 0.2) is 5.82 Å². The van der Waals surface area contributed by atoms with Crippen molar-refractivity contribution in [3.63, 3.8) is 0 Å². The molecule has 2 N–H and O–H groups in total. The molecule has 1 aliphatic rings. The van der Waals surface area contributed by atoms with Crippen molar-refractivity contribution < 1.29 is 4.74 Å². The molecule has 17 heavy (non-hydrogen) atoms. The first-order valence-corrected chi connectivity index (χ1v) is 6.32. The van der Waals surface area contributed by atoms with Gasteiger partial charge < -0.3 is 15.4 Å². The van der Waals surface area contributed by atoms with Crippen molar-refractivity contribution in [3.8, 4) is 5.88 Å². The lowest BCUT2D eigenvalue weighted by Crippen LogP contribution is -2.30. The summed E-state index contributed by atoms with van der Waals surface area (Å²) in [5.74, 6) is 2.49. The number of methoxy groups -OCH3 is 1. The average Bonchev–Trinajstić information content (AvgIpc) is 2.71. The third-order valence-electron chi connectivity index (χ3n) is 3.30. The van der Waals surface area contributed by atoms with Crippen molar-refractivity contribution in [2.45, 2.75) is 19.3 Å². The monoisotopic (exact) mass is 238 g/mol. The molecule has 1 saturated heterocycles. The van der Waals surface area contributed by atoms with Crippen LogP contribution in [0.2, 0.25) is 0 Å². The lowest BCUT2D eigenvalue weighted by Gasteiger charge is -2.22. The Hall–Kier alpha value is -1.23. The predicted molar refractivity (Wildman–Crippen MR) is 68.5 cm³/mol. The van der Waals surface area contributed by atoms with Gasteiger partial charge in [0.2, 0.25) is 5.88 Å². The molecular formula is C12H22N4O. The van der Waals surface area contributed by atoms with Crippen molar-refractivity contribution in [3.05, 3.63) is 6.07 Å². The number of aryl methyl sites for hydroxylation is 1. The highest BCUT2D eigenvalue weighted by Crippen LogP contribution is 2.17. The van der Waals surface area contributed by atoms with E-state index < -0.39 is 0 Å². The fourth-order valence-electron chi connectivity index (χ4n) is 2.30. The van der Waals surface area contributed by atoms with Gasteiger partial charge in [-0.1, -0.05) is 0 Å². The Morgan fingerprint density at radius 1 is 1.65 bits per heavy atom. The standard InChI is InChI=1S/C12H22N4O/c1-16-12(17-2)8-11(15-16)14-7-5-10-4-3-6-13-9-10/h8,10,13H,3-7,9H2,1-2H3,(H,14,15). The van der Waals surface area contributed by atoms with E-state index in [0.29, 0.717) is 0 Å². The van der Waals surface area contributed by atoms with E-state index >= 15 is 0 Å². The molecular weight excluding hydrogens is 216 g/mol. The van der Waals surface area contributed by atoms with Crippen molar-refractivity contribution in [2.75, 3.05) is 32.1 Å². The van der Waals surface area contributed by atoms with E-state index in [1.54, 1.807) is 11.8 Å². The first-order valence-electron chi connectivity index (χ1n) is 6.32. The Balaban J connectivity index is 1.73. The highest BCUT2D eigenvalue weighted by Gasteiger charge is 2.12. The van der Waals surface area contributed by atoms with Crippen LogP contribution in [0.4, 0.5) is 5.82 Å². The molecule has 1 aliphatic heterocycles. The summed E-state index contributed by atoms with van der Waals surface area (Å²) in [5.41, 5.74) is 0. The van der Waals surface area contributed by atoms with Crippen LogP contribution in [-0.2, 0) is 7.05 Å². The smallest absolute Gasteiger partial charge is 0.213 e. The second-order valence-corrected chi connectivity index (χ2v) is 4.62. The maximum Gasteiger partial charge on any atom is 0.213 e. The minimum absolute atomic E-state index is 0.784. The van der Waals surface area contributed by atoms with Crippen LogP contribution < -0.4 is 15.4 Å². The number of piperidine rings is 1. The van der Waals surface area contributed by atoms with Crippen LogP contribution in [0.5, 0.6) is 5.88 Å². The summed E-state index contributed by atoms with van der Waals surface area (Å²) in [5, 5.41) is 11.1. The van der Waals surface area contributed by atoms with Crippen LogP contribution in [0.25, 0.3) is 0 Å². The second kappa shape index (κ2) is 5.91. The minimum atomic E-state index is 0.784. The quantitative estimate of drug-likeness (QED) is 0.810. The van der Waals surface area contributed by atoms with Gasteiger partial charge in [-0.15, -0.1) is 0 Å². The molecule has 0 spiro atoms. The fourth-order valence-corrected chi connectivity index (χ4v) is 2.30. The van der Waals surface area contributed by atoms with Gasteiger partial charge in [-0.3, -0.25) is 0 Å². The van der Waals surface area contributed by atoms with Crippen molar-refractivity contribution in [2.24, 2.45) is 13.0 Å². The fraction of sp³-hybridized carbons (Fsp3) is 0.750. The summed E-state index contributed by atoms with van der Waals surface area (Å²) < 4.78 is 6.91. The summed E-state index contributed by atoms with van der Waals surface area (Å²) >= 11 is 0. The highest BCUT2D eigenvalue weighted by molar-refractivity contribution is 5.38. The van der Waals surface area contributed by atoms with Crippen LogP contribution in [0.15, 0.2) is 6.07 Å². The maximum absolute atomic E-state index is 5.17. The summed E-state index contributed by atoms with van der Waals surface area (Å²) in [6, 6.07) is 1.93. The average molecular weight is 238 g/mol. The maximum atomic E-state index is 5.17. The Morgan fingerprint density at radius 3 is 3.18 bits per heavy atom. The Bertz CT molecular complexity index is 344. The summed E-state index contributed by atoms with van der Waals surface area (Å²) in [6.07, 6.45) is 3.86. The Kier molecular flexibility index (Phi) is 4.25. The molecule has 1 atom stereocenters. The first-order chi connectivity index (χ1) is 8.29. The van der Waals surface area contributed by atoms with E-state index in [2.05, 4.69) is 15.7 Å². The number of nitrogens with zero attached hydrogens (tertiary/aromatic N) is 2. The van der Waals surface area contributed by atoms with E-state index in [-0.39, 0.29) is 0 Å². The molecule has 2 rings (SSSR count). The van der Waals surface area contributed by atoms with E-state index in [1.165, 1.54) is 25.8 Å². The van der Waals surface area contributed by atoms with Gasteiger partial charge in [-0.05, 0) is 38.3 Å². The van der Waals surface area contributed by atoms with E-state index in [0.717, 1.165) is 30.7 Å². The zero-order chi connectivity index (χ0) is 12.1. The van der Waals surface area contributed by atoms with Gasteiger partial charge in [0.05, 0.1) is 7.11 Å². The number of aromatic nitrogens is 2. The molecule has 5 nitrogen and oxygen atoms in total. The molecule has 0 aliphatic carbocycles. The summed E-state index contributed by atoms with van der Waals surface area (Å²) in [7, 11) is 3.55. The van der Waals surface area contributed by atoms with Gasteiger partial charge in [-0.25, -0.2) is 4.68 Å². The van der Waals surface area contributed by atoms with Crippen molar-refractivity contribution in [1.29, 1.82) is 0 Å². The molecule has 1 aromatic rings. The van der Waals surface area contributed by atoms with Crippen LogP contribution in [0.3, 0.4) is 0 Å². The number of hydrogen-bond acceptors (Lipinski definition) is 4. The summed E-state index contributed by atoms with van der Waals surface area (Å²) in [6.45, 7) is 3.32. The predicted octanol–water partition coefficient (Wildman–Crippen LogP) is 1.23. The zero-order valence-electron chi connectivity index (χ0n) is 10.7. The SMILES string of the molecule is COc1cc(NCCC2CCCNC2)nn1C. The zero-order valence-corrected chi connectivity index (χ0v) is 10.7. The molecule has 0 amide bonds. The van der Waals surface area contributed by atoms with Crippen molar-refractivity contribution >= 4 is 5.82 Å². The molecule has 0 radical (unpaired) electrons. The summed E-state index contributed by atoms with van der Waals surface area (Å²) in [4.78, 5) is 0. The van der Waals surface area contributed by atoms with Crippen LogP contribution >= 0.6 is 0 Å². The van der Waals surface area contributed by atoms with Crippen molar-refractivity contribution in [1.82, 2.24) is 15.1 Å². The largest absolute Gasteiger partial charge is 0.481 e. The van der Waals surface area contributed by atoms with E-state index in [1.807, 2.05) is 13.1 Å². The lowest BCUT2D eigenvalue weighted by atomic mass is 9.96. The first kappa shape index (κ1) is 12.2. The molecule has 1 aromatic heterocycles. The van der Waals surface area contributed by atoms with E-state index in [9.17, 15) is 0 Å². The van der Waals surface area contributed by atoms with Gasteiger partial charge in [0, 0.05) is 19.7 Å².